The van der Waals surface area contributed by atoms with Crippen LogP contribution in [0.25, 0.3) is 0 Å². The van der Waals surface area contributed by atoms with Crippen molar-refractivity contribution >= 4 is 34.7 Å². The number of rotatable bonds is 5. The Morgan fingerprint density at radius 3 is 2.90 bits per heavy atom. The summed E-state index contributed by atoms with van der Waals surface area (Å²) < 4.78 is 0. The van der Waals surface area contributed by atoms with E-state index in [1.54, 1.807) is 40.5 Å². The lowest BCUT2D eigenvalue weighted by Crippen LogP contribution is -2.36. The fourth-order valence-corrected chi connectivity index (χ4v) is 2.59. The third-order valence-corrected chi connectivity index (χ3v) is 3.65. The minimum atomic E-state index is -0.257. The molecular formula is C14H15ClN2O2S. The average molecular weight is 311 g/mol. The summed E-state index contributed by atoms with van der Waals surface area (Å²) in [6.45, 7) is 0.672. The molecule has 0 saturated carbocycles. The van der Waals surface area contributed by atoms with Gasteiger partial charge in [0, 0.05) is 23.8 Å². The van der Waals surface area contributed by atoms with Crippen molar-refractivity contribution in [2.24, 2.45) is 0 Å². The maximum atomic E-state index is 12.2. The summed E-state index contributed by atoms with van der Waals surface area (Å²) in [6.07, 6.45) is 0. The highest BCUT2D eigenvalue weighted by atomic mass is 35.5. The largest absolute Gasteiger partial charge is 0.395 e. The number of carbonyl (C=O) groups excluding carboxylic acids is 1. The molecule has 2 amide bonds. The molecule has 1 heterocycles. The van der Waals surface area contributed by atoms with Crippen molar-refractivity contribution in [2.45, 2.75) is 6.54 Å². The van der Waals surface area contributed by atoms with Crippen molar-refractivity contribution < 1.29 is 9.90 Å². The number of hydrogen-bond acceptors (Lipinski definition) is 3. The SMILES string of the molecule is O=C(Nc1cccc(Cl)c1)N(CCO)Cc1ccsc1. The number of halogens is 1. The van der Waals surface area contributed by atoms with Gasteiger partial charge in [0.25, 0.3) is 0 Å². The fraction of sp³-hybridized carbons (Fsp3) is 0.214. The van der Waals surface area contributed by atoms with Gasteiger partial charge in [0.05, 0.1) is 6.61 Å². The molecule has 0 aliphatic heterocycles. The third-order valence-electron chi connectivity index (χ3n) is 2.69. The number of aliphatic hydroxyl groups is 1. The van der Waals surface area contributed by atoms with Crippen molar-refractivity contribution in [1.29, 1.82) is 0 Å². The van der Waals surface area contributed by atoms with Crippen LogP contribution in [0.2, 0.25) is 5.02 Å². The predicted octanol–water partition coefficient (Wildman–Crippen LogP) is 3.43. The van der Waals surface area contributed by atoms with E-state index in [2.05, 4.69) is 5.32 Å². The minimum absolute atomic E-state index is 0.0763. The molecule has 1 aromatic heterocycles. The van der Waals surface area contributed by atoms with Gasteiger partial charge >= 0.3 is 6.03 Å². The Balaban J connectivity index is 2.03. The molecule has 0 saturated heterocycles. The van der Waals surface area contributed by atoms with Crippen LogP contribution in [-0.2, 0) is 6.54 Å². The Hall–Kier alpha value is -1.56. The molecular weight excluding hydrogens is 296 g/mol. The van der Waals surface area contributed by atoms with Crippen molar-refractivity contribution in [2.75, 3.05) is 18.5 Å². The maximum absolute atomic E-state index is 12.2. The molecule has 0 radical (unpaired) electrons. The highest BCUT2D eigenvalue weighted by molar-refractivity contribution is 7.07. The van der Waals surface area contributed by atoms with Gasteiger partial charge in [-0.1, -0.05) is 17.7 Å². The number of carbonyl (C=O) groups is 1. The van der Waals surface area contributed by atoms with E-state index in [0.29, 0.717) is 17.3 Å². The van der Waals surface area contributed by atoms with E-state index < -0.39 is 0 Å². The Morgan fingerprint density at radius 2 is 2.25 bits per heavy atom. The summed E-state index contributed by atoms with van der Waals surface area (Å²) in [5.41, 5.74) is 1.68. The number of hydrogen-bond donors (Lipinski definition) is 2. The summed E-state index contributed by atoms with van der Waals surface area (Å²) in [7, 11) is 0. The minimum Gasteiger partial charge on any atom is -0.395 e. The molecule has 0 bridgehead atoms. The molecule has 2 aromatic rings. The number of urea groups is 1. The maximum Gasteiger partial charge on any atom is 0.322 e. The Labute approximate surface area is 126 Å². The lowest BCUT2D eigenvalue weighted by atomic mass is 10.3. The van der Waals surface area contributed by atoms with Gasteiger partial charge in [-0.15, -0.1) is 0 Å². The fourth-order valence-electron chi connectivity index (χ4n) is 1.74. The quantitative estimate of drug-likeness (QED) is 0.889. The van der Waals surface area contributed by atoms with Crippen LogP contribution in [0.4, 0.5) is 10.5 Å². The highest BCUT2D eigenvalue weighted by Gasteiger charge is 2.14. The summed E-state index contributed by atoms with van der Waals surface area (Å²) in [5, 5.41) is 16.4. The topological polar surface area (TPSA) is 52.6 Å². The first kappa shape index (κ1) is 14.8. The van der Waals surface area contributed by atoms with Crippen LogP contribution in [0.3, 0.4) is 0 Å². The number of aliphatic hydroxyl groups excluding tert-OH is 1. The van der Waals surface area contributed by atoms with Crippen LogP contribution in [0.5, 0.6) is 0 Å². The zero-order valence-electron chi connectivity index (χ0n) is 10.8. The second kappa shape index (κ2) is 7.28. The van der Waals surface area contributed by atoms with Crippen molar-refractivity contribution in [1.82, 2.24) is 4.90 Å². The number of nitrogens with one attached hydrogen (secondary N) is 1. The zero-order chi connectivity index (χ0) is 14.4. The summed E-state index contributed by atoms with van der Waals surface area (Å²) in [5.74, 6) is 0. The summed E-state index contributed by atoms with van der Waals surface area (Å²) >= 11 is 7.46. The van der Waals surface area contributed by atoms with E-state index in [0.717, 1.165) is 5.56 Å². The molecule has 0 fully saturated rings. The highest BCUT2D eigenvalue weighted by Crippen LogP contribution is 2.16. The van der Waals surface area contributed by atoms with Crippen LogP contribution in [0.1, 0.15) is 5.56 Å². The smallest absolute Gasteiger partial charge is 0.322 e. The standard InChI is InChI=1S/C14H15ClN2O2S/c15-12-2-1-3-13(8-12)16-14(19)17(5-6-18)9-11-4-7-20-10-11/h1-4,7-8,10,18H,5-6,9H2,(H,16,19). The second-order valence-corrected chi connectivity index (χ2v) is 5.43. The zero-order valence-corrected chi connectivity index (χ0v) is 12.3. The first-order valence-corrected chi connectivity index (χ1v) is 7.44. The van der Waals surface area contributed by atoms with E-state index in [9.17, 15) is 4.79 Å². The normalized spacial score (nSPS) is 10.3. The van der Waals surface area contributed by atoms with Gasteiger partial charge in [0.1, 0.15) is 0 Å². The molecule has 106 valence electrons. The molecule has 0 unspecified atom stereocenters. The molecule has 2 N–H and O–H groups in total. The van der Waals surface area contributed by atoms with Gasteiger partial charge in [-0.2, -0.15) is 11.3 Å². The van der Waals surface area contributed by atoms with Gasteiger partial charge in [-0.25, -0.2) is 4.79 Å². The molecule has 6 heteroatoms. The Kier molecular flexibility index (Phi) is 5.40. The van der Waals surface area contributed by atoms with Gasteiger partial charge in [-0.3, -0.25) is 0 Å². The van der Waals surface area contributed by atoms with Crippen LogP contribution in [-0.4, -0.2) is 29.2 Å². The van der Waals surface area contributed by atoms with Gasteiger partial charge in [0.15, 0.2) is 0 Å². The monoisotopic (exact) mass is 310 g/mol. The first-order chi connectivity index (χ1) is 9.69. The van der Waals surface area contributed by atoms with E-state index >= 15 is 0 Å². The lowest BCUT2D eigenvalue weighted by Gasteiger charge is -2.21. The molecule has 2 rings (SSSR count). The van der Waals surface area contributed by atoms with Crippen LogP contribution < -0.4 is 5.32 Å². The number of benzene rings is 1. The number of amides is 2. The van der Waals surface area contributed by atoms with Crippen LogP contribution in [0.15, 0.2) is 41.1 Å². The average Bonchev–Trinajstić information content (AvgIpc) is 2.91. The summed E-state index contributed by atoms with van der Waals surface area (Å²) in [4.78, 5) is 13.8. The Bertz CT molecular complexity index is 560. The molecule has 0 aliphatic rings. The first-order valence-electron chi connectivity index (χ1n) is 6.12. The number of anilines is 1. The molecule has 0 aliphatic carbocycles. The van der Waals surface area contributed by atoms with Gasteiger partial charge in [0.2, 0.25) is 0 Å². The Morgan fingerprint density at radius 1 is 1.40 bits per heavy atom. The van der Waals surface area contributed by atoms with Crippen molar-refractivity contribution in [3.63, 3.8) is 0 Å². The molecule has 0 atom stereocenters. The molecule has 0 spiro atoms. The number of nitrogens with zero attached hydrogens (tertiary/aromatic N) is 1. The predicted molar refractivity (Wildman–Crippen MR) is 82.3 cm³/mol. The van der Waals surface area contributed by atoms with Gasteiger partial charge < -0.3 is 15.3 Å². The van der Waals surface area contributed by atoms with E-state index in [1.165, 1.54) is 0 Å². The van der Waals surface area contributed by atoms with E-state index in [4.69, 9.17) is 16.7 Å². The van der Waals surface area contributed by atoms with Crippen molar-refractivity contribution in [3.05, 3.63) is 51.7 Å². The second-order valence-electron chi connectivity index (χ2n) is 4.22. The molecule has 1 aromatic carbocycles. The van der Waals surface area contributed by atoms with Crippen LogP contribution in [0, 0.1) is 0 Å². The van der Waals surface area contributed by atoms with E-state index in [1.807, 2.05) is 16.8 Å². The summed E-state index contributed by atoms with van der Waals surface area (Å²) in [6, 6.07) is 8.67. The van der Waals surface area contributed by atoms with Crippen molar-refractivity contribution in [3.8, 4) is 0 Å². The molecule has 4 nitrogen and oxygen atoms in total. The van der Waals surface area contributed by atoms with Gasteiger partial charge in [-0.05, 0) is 40.6 Å². The third kappa shape index (κ3) is 4.23. The number of thiophene rings is 1. The molecule has 20 heavy (non-hydrogen) atoms. The van der Waals surface area contributed by atoms with Crippen LogP contribution >= 0.6 is 22.9 Å². The van der Waals surface area contributed by atoms with E-state index in [-0.39, 0.29) is 19.2 Å². The lowest BCUT2D eigenvalue weighted by molar-refractivity contribution is 0.185.